The second kappa shape index (κ2) is 7.46. The van der Waals surface area contributed by atoms with Gasteiger partial charge in [-0.1, -0.05) is 29.4 Å². The number of aliphatic hydroxyl groups is 1. The highest BCUT2D eigenvalue weighted by Crippen LogP contribution is 2.38. The van der Waals surface area contributed by atoms with Gasteiger partial charge in [-0.3, -0.25) is 10.1 Å². The summed E-state index contributed by atoms with van der Waals surface area (Å²) in [6.07, 6.45) is -0.713. The van der Waals surface area contributed by atoms with E-state index in [0.717, 1.165) is 16.7 Å². The van der Waals surface area contributed by atoms with Gasteiger partial charge in [0.2, 0.25) is 0 Å². The molecule has 7 heteroatoms. The molecule has 1 aliphatic carbocycles. The van der Waals surface area contributed by atoms with Crippen LogP contribution in [0.3, 0.4) is 0 Å². The molecule has 0 bridgehead atoms. The Morgan fingerprint density at radius 2 is 1.81 bits per heavy atom. The predicted molar refractivity (Wildman–Crippen MR) is 104 cm³/mol. The van der Waals surface area contributed by atoms with Crippen LogP contribution in [0.1, 0.15) is 31.9 Å². The Balaban J connectivity index is 1.81. The average Bonchev–Trinajstić information content (AvgIpc) is 2.93. The van der Waals surface area contributed by atoms with Crippen molar-refractivity contribution < 1.29 is 14.9 Å². The third-order valence-electron chi connectivity index (χ3n) is 4.23. The molecule has 0 amide bonds. The van der Waals surface area contributed by atoms with E-state index in [1.807, 2.05) is 45.0 Å². The van der Waals surface area contributed by atoms with Crippen molar-refractivity contribution in [3.63, 3.8) is 0 Å². The summed E-state index contributed by atoms with van der Waals surface area (Å²) in [4.78, 5) is 16.1. The van der Waals surface area contributed by atoms with Crippen LogP contribution >= 0.6 is 0 Å². The lowest BCUT2D eigenvalue weighted by molar-refractivity contribution is -0.384. The molecule has 0 radical (unpaired) electrons. The van der Waals surface area contributed by atoms with Crippen molar-refractivity contribution in [3.8, 4) is 11.1 Å². The zero-order valence-corrected chi connectivity index (χ0v) is 15.6. The van der Waals surface area contributed by atoms with Gasteiger partial charge in [0.05, 0.1) is 4.92 Å². The number of hydrogen-bond donors (Lipinski definition) is 2. The van der Waals surface area contributed by atoms with E-state index in [4.69, 9.17) is 4.84 Å². The lowest BCUT2D eigenvalue weighted by Crippen LogP contribution is -2.42. The quantitative estimate of drug-likeness (QED) is 0.514. The summed E-state index contributed by atoms with van der Waals surface area (Å²) in [7, 11) is 0. The summed E-state index contributed by atoms with van der Waals surface area (Å²) in [6, 6.07) is 12.4. The van der Waals surface area contributed by atoms with Crippen molar-refractivity contribution in [2.45, 2.75) is 32.4 Å². The minimum absolute atomic E-state index is 0.00340. The third kappa shape index (κ3) is 4.32. The molecule has 7 nitrogen and oxygen atoms in total. The number of non-ortho nitro benzene ring substituents is 1. The van der Waals surface area contributed by atoms with Crippen molar-refractivity contribution >= 4 is 11.4 Å². The van der Waals surface area contributed by atoms with Crippen LogP contribution < -0.4 is 5.32 Å². The summed E-state index contributed by atoms with van der Waals surface area (Å²) in [5, 5.41) is 28.6. The van der Waals surface area contributed by atoms with Crippen molar-refractivity contribution in [2.24, 2.45) is 5.16 Å². The molecule has 0 aliphatic heterocycles. The van der Waals surface area contributed by atoms with Crippen LogP contribution in [0.15, 0.2) is 47.6 Å². The number of benzene rings is 2. The Morgan fingerprint density at radius 1 is 1.15 bits per heavy atom. The molecule has 2 aromatic carbocycles. The van der Waals surface area contributed by atoms with Gasteiger partial charge >= 0.3 is 0 Å². The summed E-state index contributed by atoms with van der Waals surface area (Å²) < 4.78 is 0. The van der Waals surface area contributed by atoms with Gasteiger partial charge in [0, 0.05) is 35.3 Å². The number of nitrogens with one attached hydrogen (secondary N) is 1. The first-order chi connectivity index (χ1) is 12.8. The zero-order valence-electron chi connectivity index (χ0n) is 15.6. The largest absolute Gasteiger partial charge is 0.392 e. The lowest BCUT2D eigenvalue weighted by atomic mass is 10.1. The number of fused-ring (bicyclic) bond motifs is 3. The van der Waals surface area contributed by atoms with E-state index in [1.165, 1.54) is 12.1 Å². The van der Waals surface area contributed by atoms with E-state index in [0.29, 0.717) is 17.8 Å². The van der Waals surface area contributed by atoms with Crippen LogP contribution in [-0.4, -0.2) is 40.5 Å². The number of aliphatic hydroxyl groups excluding tert-OH is 1. The summed E-state index contributed by atoms with van der Waals surface area (Å²) >= 11 is 0. The van der Waals surface area contributed by atoms with E-state index in [1.54, 1.807) is 6.07 Å². The number of β-amino-alcohol motifs (C(OH)–C–C–N with tert-alkyl or cyclic N) is 1. The number of nitro benzene ring substituents is 1. The Hall–Kier alpha value is -2.77. The zero-order chi connectivity index (χ0) is 19.6. The first-order valence-electron chi connectivity index (χ1n) is 8.78. The molecule has 3 rings (SSSR count). The minimum atomic E-state index is -0.713. The van der Waals surface area contributed by atoms with Gasteiger partial charge in [-0.15, -0.1) is 0 Å². The van der Waals surface area contributed by atoms with Crippen LogP contribution in [0.4, 0.5) is 5.69 Å². The molecule has 0 saturated carbocycles. The molecule has 0 aromatic heterocycles. The molecule has 27 heavy (non-hydrogen) atoms. The molecule has 0 spiro atoms. The Labute approximate surface area is 157 Å². The fraction of sp³-hybridized carbons (Fsp3) is 0.350. The maximum atomic E-state index is 11.1. The Morgan fingerprint density at radius 3 is 2.48 bits per heavy atom. The number of nitro groups is 1. The van der Waals surface area contributed by atoms with E-state index < -0.39 is 11.0 Å². The van der Waals surface area contributed by atoms with Crippen molar-refractivity contribution in [2.75, 3.05) is 13.2 Å². The van der Waals surface area contributed by atoms with Crippen molar-refractivity contribution in [3.05, 3.63) is 63.7 Å². The predicted octanol–water partition coefficient (Wildman–Crippen LogP) is 3.09. The Kier molecular flexibility index (Phi) is 5.25. The van der Waals surface area contributed by atoms with Crippen molar-refractivity contribution in [1.29, 1.82) is 0 Å². The third-order valence-corrected chi connectivity index (χ3v) is 4.23. The molecule has 0 saturated heterocycles. The topological polar surface area (TPSA) is 97.0 Å². The van der Waals surface area contributed by atoms with Gasteiger partial charge in [0.1, 0.15) is 18.4 Å². The number of oxime groups is 1. The molecular formula is C20H23N3O4. The van der Waals surface area contributed by atoms with Crippen LogP contribution in [0.2, 0.25) is 0 Å². The van der Waals surface area contributed by atoms with Crippen LogP contribution in [0, 0.1) is 10.1 Å². The van der Waals surface area contributed by atoms with Crippen LogP contribution in [-0.2, 0) is 4.84 Å². The van der Waals surface area contributed by atoms with E-state index >= 15 is 0 Å². The monoisotopic (exact) mass is 369 g/mol. The standard InChI is InChI=1S/C20H23N3O4/c1-20(2,3)21-11-14(24)12-27-22-19-17-7-5-4-6-15(17)16-9-8-13(23(25)26)10-18(16)19/h4-10,14,21,24H,11-12H2,1-3H3/b22-19-. The van der Waals surface area contributed by atoms with Crippen molar-refractivity contribution in [1.82, 2.24) is 5.32 Å². The second-order valence-corrected chi connectivity index (χ2v) is 7.55. The van der Waals surface area contributed by atoms with Gasteiger partial charge in [-0.2, -0.15) is 0 Å². The first-order valence-corrected chi connectivity index (χ1v) is 8.78. The molecule has 142 valence electrons. The molecule has 2 aromatic rings. The SMILES string of the molecule is CC(C)(C)NCC(O)CO/N=C1/c2ccccc2-c2ccc([N+](=O)[O-])cc21. The highest BCUT2D eigenvalue weighted by atomic mass is 16.6. The second-order valence-electron chi connectivity index (χ2n) is 7.55. The summed E-state index contributed by atoms with van der Waals surface area (Å²) in [5.74, 6) is 0. The number of nitrogens with zero attached hydrogens (tertiary/aromatic N) is 2. The minimum Gasteiger partial charge on any atom is -0.392 e. The highest BCUT2D eigenvalue weighted by Gasteiger charge is 2.27. The van der Waals surface area contributed by atoms with E-state index in [-0.39, 0.29) is 17.8 Å². The van der Waals surface area contributed by atoms with Gasteiger partial charge in [0.15, 0.2) is 0 Å². The van der Waals surface area contributed by atoms with Gasteiger partial charge < -0.3 is 15.3 Å². The average molecular weight is 369 g/mol. The smallest absolute Gasteiger partial charge is 0.270 e. The van der Waals surface area contributed by atoms with Gasteiger partial charge in [-0.25, -0.2) is 0 Å². The maximum absolute atomic E-state index is 11.1. The fourth-order valence-electron chi connectivity index (χ4n) is 2.92. The number of rotatable bonds is 6. The fourth-order valence-corrected chi connectivity index (χ4v) is 2.92. The maximum Gasteiger partial charge on any atom is 0.270 e. The Bertz CT molecular complexity index is 887. The molecule has 0 heterocycles. The molecule has 0 fully saturated rings. The first kappa shape index (κ1) is 19.0. The van der Waals surface area contributed by atoms with Crippen LogP contribution in [0.5, 0.6) is 0 Å². The van der Waals surface area contributed by atoms with Gasteiger partial charge in [0.25, 0.3) is 5.69 Å². The molecule has 1 atom stereocenters. The van der Waals surface area contributed by atoms with E-state index in [2.05, 4.69) is 10.5 Å². The summed E-state index contributed by atoms with van der Waals surface area (Å²) in [6.45, 7) is 6.45. The van der Waals surface area contributed by atoms with Crippen LogP contribution in [0.25, 0.3) is 11.1 Å². The van der Waals surface area contributed by atoms with Gasteiger partial charge in [-0.05, 0) is 38.0 Å². The normalized spacial score (nSPS) is 15.3. The highest BCUT2D eigenvalue weighted by molar-refractivity contribution is 6.24. The lowest BCUT2D eigenvalue weighted by Gasteiger charge is -2.22. The molecule has 1 unspecified atom stereocenters. The molecule has 1 aliphatic rings. The molecular weight excluding hydrogens is 346 g/mol. The molecule has 2 N–H and O–H groups in total. The van der Waals surface area contributed by atoms with E-state index in [9.17, 15) is 15.2 Å². The summed E-state index contributed by atoms with van der Waals surface area (Å²) in [5.41, 5.74) is 3.80. The number of hydrogen-bond acceptors (Lipinski definition) is 6.